The van der Waals surface area contributed by atoms with Crippen LogP contribution in [-0.4, -0.2) is 59.6 Å². The molecular weight excluding hydrogens is 523 g/mol. The van der Waals surface area contributed by atoms with Gasteiger partial charge >= 0.3 is 6.18 Å². The number of hydrogen-bond acceptors (Lipinski definition) is 5. The molecule has 0 saturated carbocycles. The topological polar surface area (TPSA) is 75.0 Å². The number of nitrogens with one attached hydrogen (secondary N) is 1. The van der Waals surface area contributed by atoms with Gasteiger partial charge in [-0.2, -0.15) is 13.2 Å². The zero-order valence-corrected chi connectivity index (χ0v) is 22.8. The van der Waals surface area contributed by atoms with Crippen LogP contribution in [0, 0.1) is 5.92 Å². The number of amides is 2. The average Bonchev–Trinajstić information content (AvgIpc) is 3.45. The summed E-state index contributed by atoms with van der Waals surface area (Å²) in [5.74, 6) is 0.188. The predicted molar refractivity (Wildman–Crippen MR) is 144 cm³/mol. The van der Waals surface area contributed by atoms with Gasteiger partial charge in [0.05, 0.1) is 6.26 Å². The Morgan fingerprint density at radius 2 is 1.77 bits per heavy atom. The summed E-state index contributed by atoms with van der Waals surface area (Å²) >= 11 is 0. The molecule has 10 heteroatoms. The van der Waals surface area contributed by atoms with Gasteiger partial charge in [-0.3, -0.25) is 14.5 Å². The number of para-hydroxylation sites is 1. The molecule has 214 valence electrons. The fraction of sp³-hybridized carbons (Fsp3) is 0.400. The van der Waals surface area contributed by atoms with E-state index in [-0.39, 0.29) is 49.2 Å². The highest BCUT2D eigenvalue weighted by Gasteiger charge is 2.40. The molecule has 2 aromatic carbocycles. The van der Waals surface area contributed by atoms with Crippen LogP contribution in [0.3, 0.4) is 0 Å². The molecule has 1 saturated heterocycles. The Hall–Kier alpha value is -3.79. The quantitative estimate of drug-likeness (QED) is 0.389. The number of carbonyl (C=O) groups excluding carboxylic acids is 2. The maximum absolute atomic E-state index is 13.5. The van der Waals surface area contributed by atoms with Gasteiger partial charge in [0.2, 0.25) is 11.8 Å². The summed E-state index contributed by atoms with van der Waals surface area (Å²) in [4.78, 5) is 30.2. The summed E-state index contributed by atoms with van der Waals surface area (Å²) in [6.07, 6.45) is -2.84. The minimum Gasteiger partial charge on any atom is -0.484 e. The fourth-order valence-electron chi connectivity index (χ4n) is 4.90. The molecule has 2 heterocycles. The SMILES string of the molecule is CC(C)C(=O)N1C(C)CN(Cc2ccccc2OCC(F)(F)F)CC1C(=O)NCc1ccc(-c2ccco2)cc1. The number of alkyl halides is 3. The summed E-state index contributed by atoms with van der Waals surface area (Å²) in [6, 6.07) is 16.9. The number of nitrogens with zero attached hydrogens (tertiary/aromatic N) is 2. The molecule has 1 N–H and O–H groups in total. The third-order valence-corrected chi connectivity index (χ3v) is 6.80. The highest BCUT2D eigenvalue weighted by Crippen LogP contribution is 2.27. The zero-order valence-electron chi connectivity index (χ0n) is 22.8. The van der Waals surface area contributed by atoms with Crippen molar-refractivity contribution >= 4 is 11.8 Å². The van der Waals surface area contributed by atoms with Gasteiger partial charge in [-0.25, -0.2) is 0 Å². The van der Waals surface area contributed by atoms with Gasteiger partial charge in [-0.05, 0) is 30.7 Å². The van der Waals surface area contributed by atoms with Crippen LogP contribution in [0.4, 0.5) is 13.2 Å². The highest BCUT2D eigenvalue weighted by molar-refractivity contribution is 5.89. The van der Waals surface area contributed by atoms with Crippen molar-refractivity contribution in [2.45, 2.75) is 52.1 Å². The van der Waals surface area contributed by atoms with Crippen molar-refractivity contribution in [2.24, 2.45) is 5.92 Å². The van der Waals surface area contributed by atoms with E-state index in [0.29, 0.717) is 12.1 Å². The highest BCUT2D eigenvalue weighted by atomic mass is 19.4. The van der Waals surface area contributed by atoms with Crippen LogP contribution in [0.25, 0.3) is 11.3 Å². The van der Waals surface area contributed by atoms with E-state index in [0.717, 1.165) is 16.9 Å². The summed E-state index contributed by atoms with van der Waals surface area (Å²) in [7, 11) is 0. The minimum absolute atomic E-state index is 0.121. The van der Waals surface area contributed by atoms with Gasteiger partial charge in [0.15, 0.2) is 6.61 Å². The average molecular weight is 558 g/mol. The standard InChI is InChI=1S/C30H34F3N3O4/c1-20(2)29(38)36-21(3)16-35(17-24-7-4-5-8-27(24)40-19-30(31,32)33)18-25(36)28(37)34-15-22-10-12-23(13-11-22)26-9-6-14-39-26/h4-14,20-21,25H,15-19H2,1-3H3,(H,34,37). The zero-order chi connectivity index (χ0) is 28.9. The van der Waals surface area contributed by atoms with E-state index < -0.39 is 18.8 Å². The number of furan rings is 1. The molecule has 7 nitrogen and oxygen atoms in total. The fourth-order valence-corrected chi connectivity index (χ4v) is 4.90. The molecule has 1 aliphatic heterocycles. The Kier molecular flexibility index (Phi) is 9.19. The van der Waals surface area contributed by atoms with Gasteiger partial charge in [0.1, 0.15) is 17.6 Å². The van der Waals surface area contributed by atoms with Crippen molar-refractivity contribution in [1.29, 1.82) is 0 Å². The first-order chi connectivity index (χ1) is 19.0. The summed E-state index contributed by atoms with van der Waals surface area (Å²) in [5, 5.41) is 2.97. The Morgan fingerprint density at radius 1 is 1.05 bits per heavy atom. The van der Waals surface area contributed by atoms with Crippen molar-refractivity contribution in [2.75, 3.05) is 19.7 Å². The second kappa shape index (κ2) is 12.6. The lowest BCUT2D eigenvalue weighted by molar-refractivity contribution is -0.153. The molecule has 4 rings (SSSR count). The van der Waals surface area contributed by atoms with Crippen LogP contribution >= 0.6 is 0 Å². The second-order valence-electron chi connectivity index (χ2n) is 10.4. The smallest absolute Gasteiger partial charge is 0.422 e. The Morgan fingerprint density at radius 3 is 2.42 bits per heavy atom. The van der Waals surface area contributed by atoms with Crippen molar-refractivity contribution in [3.8, 4) is 17.1 Å². The van der Waals surface area contributed by atoms with Crippen molar-refractivity contribution in [1.82, 2.24) is 15.1 Å². The third kappa shape index (κ3) is 7.44. The molecular formula is C30H34F3N3O4. The van der Waals surface area contributed by atoms with Gasteiger partial charge in [0, 0.05) is 49.3 Å². The van der Waals surface area contributed by atoms with Crippen molar-refractivity contribution < 1.29 is 31.9 Å². The number of piperazine rings is 1. The van der Waals surface area contributed by atoms with Crippen LogP contribution in [0.1, 0.15) is 31.9 Å². The normalized spacial score (nSPS) is 18.1. The van der Waals surface area contributed by atoms with Crippen LogP contribution in [0.5, 0.6) is 5.75 Å². The monoisotopic (exact) mass is 557 g/mol. The molecule has 1 aromatic heterocycles. The molecule has 2 atom stereocenters. The summed E-state index contributed by atoms with van der Waals surface area (Å²) in [6.45, 7) is 5.34. The predicted octanol–water partition coefficient (Wildman–Crippen LogP) is 5.26. The van der Waals surface area contributed by atoms with Crippen LogP contribution in [0.2, 0.25) is 0 Å². The van der Waals surface area contributed by atoms with E-state index in [1.54, 1.807) is 43.2 Å². The van der Waals surface area contributed by atoms with E-state index in [4.69, 9.17) is 9.15 Å². The van der Waals surface area contributed by atoms with Gasteiger partial charge in [0.25, 0.3) is 0 Å². The maximum Gasteiger partial charge on any atom is 0.422 e. The lowest BCUT2D eigenvalue weighted by Gasteiger charge is -2.45. The largest absolute Gasteiger partial charge is 0.484 e. The Labute approximate surface area is 231 Å². The Bertz CT molecular complexity index is 1280. The molecule has 2 unspecified atom stereocenters. The number of rotatable bonds is 9. The molecule has 0 radical (unpaired) electrons. The summed E-state index contributed by atoms with van der Waals surface area (Å²) < 4.78 is 48.8. The van der Waals surface area contributed by atoms with E-state index in [1.165, 1.54) is 6.07 Å². The van der Waals surface area contributed by atoms with E-state index in [9.17, 15) is 22.8 Å². The molecule has 2 amide bonds. The number of carbonyl (C=O) groups is 2. The van der Waals surface area contributed by atoms with E-state index >= 15 is 0 Å². The first-order valence-corrected chi connectivity index (χ1v) is 13.2. The molecule has 0 aliphatic carbocycles. The van der Waals surface area contributed by atoms with Crippen LogP contribution in [0.15, 0.2) is 71.3 Å². The van der Waals surface area contributed by atoms with Gasteiger partial charge < -0.3 is 19.4 Å². The van der Waals surface area contributed by atoms with Gasteiger partial charge in [-0.15, -0.1) is 0 Å². The van der Waals surface area contributed by atoms with Crippen LogP contribution in [-0.2, 0) is 22.7 Å². The third-order valence-electron chi connectivity index (χ3n) is 6.80. The lowest BCUT2D eigenvalue weighted by Crippen LogP contribution is -2.64. The molecule has 1 aliphatic rings. The first kappa shape index (κ1) is 29.2. The number of ether oxygens (including phenoxy) is 1. The maximum atomic E-state index is 13.5. The van der Waals surface area contributed by atoms with Crippen LogP contribution < -0.4 is 10.1 Å². The lowest BCUT2D eigenvalue weighted by atomic mass is 10.0. The first-order valence-electron chi connectivity index (χ1n) is 13.2. The summed E-state index contributed by atoms with van der Waals surface area (Å²) in [5.41, 5.74) is 2.39. The molecule has 40 heavy (non-hydrogen) atoms. The second-order valence-corrected chi connectivity index (χ2v) is 10.4. The Balaban J connectivity index is 1.47. The molecule has 3 aromatic rings. The molecule has 0 bridgehead atoms. The van der Waals surface area contributed by atoms with E-state index in [1.807, 2.05) is 48.2 Å². The molecule has 0 spiro atoms. The number of hydrogen-bond donors (Lipinski definition) is 1. The van der Waals surface area contributed by atoms with Gasteiger partial charge in [-0.1, -0.05) is 56.3 Å². The molecule has 1 fully saturated rings. The minimum atomic E-state index is -4.45. The number of halogens is 3. The number of benzene rings is 2. The van der Waals surface area contributed by atoms with Crippen molar-refractivity contribution in [3.05, 3.63) is 78.1 Å². The van der Waals surface area contributed by atoms with Crippen molar-refractivity contribution in [3.63, 3.8) is 0 Å². The van der Waals surface area contributed by atoms with E-state index in [2.05, 4.69) is 5.32 Å².